The van der Waals surface area contributed by atoms with E-state index in [0.29, 0.717) is 18.3 Å². The number of benzene rings is 2. The highest BCUT2D eigenvalue weighted by atomic mass is 16.5. The maximum Gasteiger partial charge on any atom is 0.344 e. The van der Waals surface area contributed by atoms with Gasteiger partial charge in [-0.2, -0.15) is 0 Å². The Kier molecular flexibility index (Phi) is 4.81. The van der Waals surface area contributed by atoms with Crippen LogP contribution in [0.15, 0.2) is 36.4 Å². The lowest BCUT2D eigenvalue weighted by atomic mass is 10.0. The van der Waals surface area contributed by atoms with Crippen LogP contribution < -0.4 is 10.1 Å². The predicted molar refractivity (Wildman–Crippen MR) is 83.6 cm³/mol. The molecule has 2 aromatic carbocycles. The third kappa shape index (κ3) is 3.73. The highest BCUT2D eigenvalue weighted by Gasteiger charge is 2.16. The van der Waals surface area contributed by atoms with Crippen LogP contribution >= 0.6 is 0 Å². The lowest BCUT2D eigenvalue weighted by molar-refractivity contribution is -0.144. The molecule has 0 fully saturated rings. The van der Waals surface area contributed by atoms with Crippen LogP contribution in [0.2, 0.25) is 0 Å². The van der Waals surface area contributed by atoms with E-state index in [1.807, 2.05) is 36.4 Å². The number of hydrogen-bond acceptors (Lipinski definition) is 3. The van der Waals surface area contributed by atoms with E-state index in [1.165, 1.54) is 6.92 Å². The predicted octanol–water partition coefficient (Wildman–Crippen LogP) is 3.19. The van der Waals surface area contributed by atoms with Crippen LogP contribution in [0.5, 0.6) is 5.75 Å². The number of ether oxygens (including phenoxy) is 1. The Hall–Kier alpha value is -2.07. The summed E-state index contributed by atoms with van der Waals surface area (Å²) in [5.41, 5.74) is 0.995. The van der Waals surface area contributed by atoms with Crippen molar-refractivity contribution in [3.63, 3.8) is 0 Å². The SMILES string of the molecule is CC(C)NCc1c(OC(C)C(=O)O)ccc2ccccc12. The van der Waals surface area contributed by atoms with Crippen molar-refractivity contribution in [1.29, 1.82) is 0 Å². The molecule has 0 spiro atoms. The Bertz CT molecular complexity index is 637. The molecule has 1 atom stereocenters. The summed E-state index contributed by atoms with van der Waals surface area (Å²) in [5, 5.41) is 14.6. The van der Waals surface area contributed by atoms with Gasteiger partial charge < -0.3 is 15.2 Å². The average Bonchev–Trinajstić information content (AvgIpc) is 2.45. The minimum absolute atomic E-state index is 0.341. The molecule has 4 nitrogen and oxygen atoms in total. The molecule has 0 saturated carbocycles. The fourth-order valence-electron chi connectivity index (χ4n) is 2.16. The van der Waals surface area contributed by atoms with Crippen molar-refractivity contribution in [2.45, 2.75) is 39.5 Å². The van der Waals surface area contributed by atoms with Gasteiger partial charge in [-0.05, 0) is 23.8 Å². The van der Waals surface area contributed by atoms with Crippen LogP contribution in [0.1, 0.15) is 26.3 Å². The van der Waals surface area contributed by atoms with E-state index in [2.05, 4.69) is 19.2 Å². The second-order valence-electron chi connectivity index (χ2n) is 5.40. The van der Waals surface area contributed by atoms with E-state index < -0.39 is 12.1 Å². The van der Waals surface area contributed by atoms with E-state index in [4.69, 9.17) is 9.84 Å². The number of aliphatic carboxylic acids is 1. The van der Waals surface area contributed by atoms with Crippen molar-refractivity contribution in [1.82, 2.24) is 5.32 Å². The van der Waals surface area contributed by atoms with Crippen LogP contribution in [0.25, 0.3) is 10.8 Å². The van der Waals surface area contributed by atoms with Gasteiger partial charge in [-0.25, -0.2) is 4.79 Å². The van der Waals surface area contributed by atoms with E-state index in [-0.39, 0.29) is 0 Å². The molecule has 0 heterocycles. The van der Waals surface area contributed by atoms with Gasteiger partial charge in [0.2, 0.25) is 0 Å². The molecule has 0 saturated heterocycles. The van der Waals surface area contributed by atoms with Gasteiger partial charge in [-0.15, -0.1) is 0 Å². The molecular weight excluding hydrogens is 266 g/mol. The van der Waals surface area contributed by atoms with Gasteiger partial charge in [-0.3, -0.25) is 0 Å². The third-order valence-corrected chi connectivity index (χ3v) is 3.34. The zero-order valence-corrected chi connectivity index (χ0v) is 12.6. The highest BCUT2D eigenvalue weighted by molar-refractivity contribution is 5.88. The smallest absolute Gasteiger partial charge is 0.344 e. The lowest BCUT2D eigenvalue weighted by Gasteiger charge is -2.18. The van der Waals surface area contributed by atoms with Gasteiger partial charge >= 0.3 is 5.97 Å². The molecule has 21 heavy (non-hydrogen) atoms. The van der Waals surface area contributed by atoms with Crippen LogP contribution in [0.4, 0.5) is 0 Å². The van der Waals surface area contributed by atoms with Gasteiger partial charge in [0.25, 0.3) is 0 Å². The molecule has 112 valence electrons. The fraction of sp³-hybridized carbons (Fsp3) is 0.353. The van der Waals surface area contributed by atoms with Gasteiger partial charge in [0.1, 0.15) is 5.75 Å². The van der Waals surface area contributed by atoms with Gasteiger partial charge in [0.05, 0.1) is 0 Å². The monoisotopic (exact) mass is 287 g/mol. The van der Waals surface area contributed by atoms with Crippen LogP contribution in [0, 0.1) is 0 Å². The molecule has 0 aliphatic heterocycles. The van der Waals surface area contributed by atoms with Crippen LogP contribution in [0.3, 0.4) is 0 Å². The molecule has 0 bridgehead atoms. The molecule has 0 aliphatic carbocycles. The van der Waals surface area contributed by atoms with E-state index in [9.17, 15) is 4.79 Å². The van der Waals surface area contributed by atoms with E-state index in [1.54, 1.807) is 0 Å². The number of rotatable bonds is 6. The summed E-state index contributed by atoms with van der Waals surface area (Å²) in [5.74, 6) is -0.345. The average molecular weight is 287 g/mol. The largest absolute Gasteiger partial charge is 0.479 e. The molecular formula is C17H21NO3. The van der Waals surface area contributed by atoms with Crippen molar-refractivity contribution in [3.8, 4) is 5.75 Å². The Morgan fingerprint density at radius 2 is 1.90 bits per heavy atom. The van der Waals surface area contributed by atoms with Gasteiger partial charge in [0, 0.05) is 18.2 Å². The summed E-state index contributed by atoms with van der Waals surface area (Å²) in [6.45, 7) is 6.33. The second kappa shape index (κ2) is 6.59. The summed E-state index contributed by atoms with van der Waals surface area (Å²) in [7, 11) is 0. The number of fused-ring (bicyclic) bond motifs is 1. The minimum atomic E-state index is -0.967. The molecule has 0 aromatic heterocycles. The topological polar surface area (TPSA) is 58.6 Å². The maximum absolute atomic E-state index is 11.0. The Balaban J connectivity index is 2.42. The van der Waals surface area contributed by atoms with Crippen molar-refractivity contribution in [2.24, 2.45) is 0 Å². The number of hydrogen-bond donors (Lipinski definition) is 2. The molecule has 0 amide bonds. The molecule has 0 radical (unpaired) electrons. The molecule has 2 N–H and O–H groups in total. The van der Waals surface area contributed by atoms with Crippen molar-refractivity contribution in [2.75, 3.05) is 0 Å². The first-order valence-electron chi connectivity index (χ1n) is 7.12. The zero-order chi connectivity index (χ0) is 15.4. The summed E-state index contributed by atoms with van der Waals surface area (Å²) in [6, 6.07) is 12.2. The number of carboxylic acids is 1. The minimum Gasteiger partial charge on any atom is -0.479 e. The summed E-state index contributed by atoms with van der Waals surface area (Å²) in [4.78, 5) is 11.0. The molecule has 2 rings (SSSR count). The molecule has 0 aliphatic rings. The zero-order valence-electron chi connectivity index (χ0n) is 12.6. The maximum atomic E-state index is 11.0. The highest BCUT2D eigenvalue weighted by Crippen LogP contribution is 2.29. The molecule has 4 heteroatoms. The van der Waals surface area contributed by atoms with Crippen molar-refractivity contribution < 1.29 is 14.6 Å². The van der Waals surface area contributed by atoms with E-state index >= 15 is 0 Å². The molecule has 1 unspecified atom stereocenters. The Labute approximate surface area is 124 Å². The van der Waals surface area contributed by atoms with Crippen molar-refractivity contribution >= 4 is 16.7 Å². The first-order chi connectivity index (χ1) is 9.99. The quantitative estimate of drug-likeness (QED) is 0.856. The van der Waals surface area contributed by atoms with Gasteiger partial charge in [0.15, 0.2) is 6.10 Å². The van der Waals surface area contributed by atoms with Gasteiger partial charge in [-0.1, -0.05) is 44.2 Å². The lowest BCUT2D eigenvalue weighted by Crippen LogP contribution is -2.25. The first kappa shape index (κ1) is 15.3. The van der Waals surface area contributed by atoms with E-state index in [0.717, 1.165) is 16.3 Å². The second-order valence-corrected chi connectivity index (χ2v) is 5.40. The normalized spacial score (nSPS) is 12.6. The number of nitrogens with one attached hydrogen (secondary N) is 1. The van der Waals surface area contributed by atoms with Crippen LogP contribution in [-0.2, 0) is 11.3 Å². The Morgan fingerprint density at radius 3 is 2.57 bits per heavy atom. The summed E-state index contributed by atoms with van der Waals surface area (Å²) < 4.78 is 5.61. The first-order valence-corrected chi connectivity index (χ1v) is 7.12. The summed E-state index contributed by atoms with van der Waals surface area (Å²) in [6.07, 6.45) is -0.871. The summed E-state index contributed by atoms with van der Waals surface area (Å²) >= 11 is 0. The fourth-order valence-corrected chi connectivity index (χ4v) is 2.16. The van der Waals surface area contributed by atoms with Crippen LogP contribution in [-0.4, -0.2) is 23.2 Å². The molecule has 2 aromatic rings. The Morgan fingerprint density at radius 1 is 1.19 bits per heavy atom. The number of carbonyl (C=O) groups is 1. The standard InChI is InChI=1S/C17H21NO3/c1-11(2)18-10-15-14-7-5-4-6-13(14)8-9-16(15)21-12(3)17(19)20/h4-9,11-12,18H,10H2,1-3H3,(H,19,20). The van der Waals surface area contributed by atoms with Crippen molar-refractivity contribution in [3.05, 3.63) is 42.0 Å². The third-order valence-electron chi connectivity index (χ3n) is 3.34. The number of carboxylic acid groups (broad SMARTS) is 1.